The molecule has 7 heteroatoms. The smallest absolute Gasteiger partial charge is 0.193 e. The van der Waals surface area contributed by atoms with Crippen LogP contribution in [0.5, 0.6) is 0 Å². The van der Waals surface area contributed by atoms with Crippen molar-refractivity contribution in [3.63, 3.8) is 0 Å². The van der Waals surface area contributed by atoms with Crippen molar-refractivity contribution in [2.24, 2.45) is 18.0 Å². The Balaban J connectivity index is 0.00000392. The normalized spacial score (nSPS) is 18.2. The molecule has 0 aromatic carbocycles. The summed E-state index contributed by atoms with van der Waals surface area (Å²) < 4.78 is 1.91. The Hall–Kier alpha value is -0.830. The van der Waals surface area contributed by atoms with Crippen molar-refractivity contribution in [3.05, 3.63) is 17.5 Å². The highest BCUT2D eigenvalue weighted by Crippen LogP contribution is 2.18. The predicted octanol–water partition coefficient (Wildman–Crippen LogP) is 3.68. The van der Waals surface area contributed by atoms with E-state index in [0.717, 1.165) is 25.0 Å². The molecule has 1 fully saturated rings. The summed E-state index contributed by atoms with van der Waals surface area (Å²) in [6, 6.07) is 0. The highest BCUT2D eigenvalue weighted by atomic mass is 127. The monoisotopic (exact) mass is 504 g/mol. The largest absolute Gasteiger partial charge is 0.356 e. The van der Waals surface area contributed by atoms with Crippen LogP contribution in [0, 0.1) is 5.92 Å². The summed E-state index contributed by atoms with van der Waals surface area (Å²) in [6.45, 7) is 12.4. The first-order valence-corrected chi connectivity index (χ1v) is 10.6. The molecule has 0 amide bonds. The average Bonchev–Trinajstić information content (AvgIpc) is 2.98. The second-order valence-electron chi connectivity index (χ2n) is 8.45. The number of aromatic nitrogens is 2. The number of unbranched alkanes of at least 4 members (excludes halogenated alkanes) is 1. The Morgan fingerprint density at radius 2 is 2.14 bits per heavy atom. The van der Waals surface area contributed by atoms with E-state index in [2.05, 4.69) is 59.2 Å². The first-order valence-electron chi connectivity index (χ1n) is 10.6. The first kappa shape index (κ1) is 25.2. The third kappa shape index (κ3) is 7.89. The van der Waals surface area contributed by atoms with E-state index in [0.29, 0.717) is 5.92 Å². The standard InChI is InChI=1S/C21H40N6.HI/c1-17(2)20-19(16-26(6)24-20)15-25(5)21(22-4)23-11-7-8-12-27-13-9-10-18(3)14-27;/h16-18H,7-15H2,1-6H3,(H,22,23);1H. The number of halogens is 1. The molecule has 2 heterocycles. The number of nitrogens with zero attached hydrogens (tertiary/aromatic N) is 5. The number of hydrogen-bond acceptors (Lipinski definition) is 3. The fourth-order valence-electron chi connectivity index (χ4n) is 4.03. The SMILES string of the molecule is CN=C(NCCCCN1CCCC(C)C1)N(C)Cc1cn(C)nc1C(C)C.I. The van der Waals surface area contributed by atoms with Crippen LogP contribution < -0.4 is 5.32 Å². The molecule has 0 radical (unpaired) electrons. The quantitative estimate of drug-likeness (QED) is 0.254. The number of nitrogens with one attached hydrogen (secondary N) is 1. The summed E-state index contributed by atoms with van der Waals surface area (Å²) in [5.41, 5.74) is 2.45. The van der Waals surface area contributed by atoms with Crippen LogP contribution in [0.3, 0.4) is 0 Å². The lowest BCUT2D eigenvalue weighted by molar-refractivity contribution is 0.181. The van der Waals surface area contributed by atoms with Gasteiger partial charge in [-0.3, -0.25) is 9.67 Å². The van der Waals surface area contributed by atoms with Crippen LogP contribution in [0.2, 0.25) is 0 Å². The zero-order valence-electron chi connectivity index (χ0n) is 18.7. The zero-order valence-corrected chi connectivity index (χ0v) is 21.1. The molecule has 6 nitrogen and oxygen atoms in total. The number of aryl methyl sites for hydroxylation is 1. The first-order chi connectivity index (χ1) is 12.9. The molecule has 2 rings (SSSR count). The molecule has 162 valence electrons. The molecule has 1 aliphatic heterocycles. The topological polar surface area (TPSA) is 48.7 Å². The van der Waals surface area contributed by atoms with E-state index >= 15 is 0 Å². The molecule has 0 saturated carbocycles. The van der Waals surface area contributed by atoms with E-state index < -0.39 is 0 Å². The third-order valence-electron chi connectivity index (χ3n) is 5.39. The molecular formula is C21H41IN6. The van der Waals surface area contributed by atoms with Gasteiger partial charge < -0.3 is 15.1 Å². The molecular weight excluding hydrogens is 463 g/mol. The Morgan fingerprint density at radius 1 is 1.39 bits per heavy atom. The minimum Gasteiger partial charge on any atom is -0.356 e. The van der Waals surface area contributed by atoms with Gasteiger partial charge in [-0.1, -0.05) is 20.8 Å². The predicted molar refractivity (Wildman–Crippen MR) is 130 cm³/mol. The molecule has 1 atom stereocenters. The summed E-state index contributed by atoms with van der Waals surface area (Å²) in [6.07, 6.45) is 7.32. The zero-order chi connectivity index (χ0) is 19.8. The van der Waals surface area contributed by atoms with E-state index in [1.807, 2.05) is 18.8 Å². The van der Waals surface area contributed by atoms with Crippen molar-refractivity contribution in [2.75, 3.05) is 40.3 Å². The van der Waals surface area contributed by atoms with Gasteiger partial charge in [0.25, 0.3) is 0 Å². The molecule has 28 heavy (non-hydrogen) atoms. The van der Waals surface area contributed by atoms with Crippen LogP contribution >= 0.6 is 24.0 Å². The molecule has 1 saturated heterocycles. The Labute approximate surface area is 189 Å². The molecule has 1 aromatic heterocycles. The summed E-state index contributed by atoms with van der Waals surface area (Å²) >= 11 is 0. The molecule has 1 aromatic rings. The van der Waals surface area contributed by atoms with Gasteiger partial charge in [0.15, 0.2) is 5.96 Å². The maximum atomic E-state index is 4.61. The minimum atomic E-state index is 0. The molecule has 1 unspecified atom stereocenters. The Bertz CT molecular complexity index is 598. The van der Waals surface area contributed by atoms with E-state index in [4.69, 9.17) is 0 Å². The van der Waals surface area contributed by atoms with Gasteiger partial charge in [-0.05, 0) is 50.6 Å². The number of piperidine rings is 1. The van der Waals surface area contributed by atoms with Crippen molar-refractivity contribution in [3.8, 4) is 0 Å². The van der Waals surface area contributed by atoms with Crippen molar-refractivity contribution in [2.45, 2.75) is 58.9 Å². The van der Waals surface area contributed by atoms with Gasteiger partial charge in [0.2, 0.25) is 0 Å². The maximum Gasteiger partial charge on any atom is 0.193 e. The van der Waals surface area contributed by atoms with Gasteiger partial charge >= 0.3 is 0 Å². The fraction of sp³-hybridized carbons (Fsp3) is 0.810. The van der Waals surface area contributed by atoms with Crippen molar-refractivity contribution in [1.29, 1.82) is 0 Å². The second kappa shape index (κ2) is 12.7. The van der Waals surface area contributed by atoms with Gasteiger partial charge in [-0.25, -0.2) is 0 Å². The molecule has 0 spiro atoms. The summed E-state index contributed by atoms with van der Waals surface area (Å²) in [4.78, 5) is 9.28. The summed E-state index contributed by atoms with van der Waals surface area (Å²) in [5.74, 6) is 2.26. The number of hydrogen-bond donors (Lipinski definition) is 1. The lowest BCUT2D eigenvalue weighted by Gasteiger charge is -2.30. The van der Waals surface area contributed by atoms with Crippen molar-refractivity contribution >= 4 is 29.9 Å². The average molecular weight is 505 g/mol. The number of guanidine groups is 1. The fourth-order valence-corrected chi connectivity index (χ4v) is 4.03. The van der Waals surface area contributed by atoms with E-state index in [-0.39, 0.29) is 24.0 Å². The third-order valence-corrected chi connectivity index (χ3v) is 5.39. The van der Waals surface area contributed by atoms with Gasteiger partial charge in [0.05, 0.1) is 5.69 Å². The molecule has 1 aliphatic rings. The van der Waals surface area contributed by atoms with Crippen LogP contribution in [0.15, 0.2) is 11.2 Å². The molecule has 1 N–H and O–H groups in total. The van der Waals surface area contributed by atoms with Crippen molar-refractivity contribution in [1.82, 2.24) is 24.9 Å². The number of rotatable bonds is 8. The lowest BCUT2D eigenvalue weighted by atomic mass is 10.0. The highest BCUT2D eigenvalue weighted by molar-refractivity contribution is 14.0. The van der Waals surface area contributed by atoms with Crippen LogP contribution in [0.4, 0.5) is 0 Å². The van der Waals surface area contributed by atoms with Crippen LogP contribution in [-0.2, 0) is 13.6 Å². The molecule has 0 bridgehead atoms. The summed E-state index contributed by atoms with van der Waals surface area (Å²) in [7, 11) is 5.95. The van der Waals surface area contributed by atoms with Crippen LogP contribution in [0.1, 0.15) is 63.6 Å². The second-order valence-corrected chi connectivity index (χ2v) is 8.45. The van der Waals surface area contributed by atoms with E-state index in [9.17, 15) is 0 Å². The van der Waals surface area contributed by atoms with Crippen LogP contribution in [-0.4, -0.2) is 65.8 Å². The van der Waals surface area contributed by atoms with Gasteiger partial charge in [-0.15, -0.1) is 24.0 Å². The van der Waals surface area contributed by atoms with Crippen molar-refractivity contribution < 1.29 is 0 Å². The Kier molecular flexibility index (Phi) is 11.4. The number of aliphatic imine (C=N–C) groups is 1. The van der Waals surface area contributed by atoms with E-state index in [1.165, 1.54) is 56.6 Å². The van der Waals surface area contributed by atoms with Crippen LogP contribution in [0.25, 0.3) is 0 Å². The Morgan fingerprint density at radius 3 is 2.79 bits per heavy atom. The maximum absolute atomic E-state index is 4.61. The van der Waals surface area contributed by atoms with Gasteiger partial charge in [0.1, 0.15) is 0 Å². The lowest BCUT2D eigenvalue weighted by Crippen LogP contribution is -2.39. The van der Waals surface area contributed by atoms with E-state index in [1.54, 1.807) is 0 Å². The highest BCUT2D eigenvalue weighted by Gasteiger charge is 2.16. The van der Waals surface area contributed by atoms with Gasteiger partial charge in [0, 0.05) is 52.5 Å². The summed E-state index contributed by atoms with van der Waals surface area (Å²) in [5, 5.41) is 8.13. The number of likely N-dealkylation sites (tertiary alicyclic amines) is 1. The van der Waals surface area contributed by atoms with Gasteiger partial charge in [-0.2, -0.15) is 5.10 Å². The molecule has 0 aliphatic carbocycles. The minimum absolute atomic E-state index is 0.